The van der Waals surface area contributed by atoms with Crippen molar-refractivity contribution in [3.8, 4) is 5.75 Å². The number of carbonyl (C=O) groups excluding carboxylic acids is 4. The van der Waals surface area contributed by atoms with Crippen LogP contribution in [0, 0.1) is 21.7 Å². The molecule has 2 spiro atoms. The summed E-state index contributed by atoms with van der Waals surface area (Å²) in [5.41, 5.74) is -2.67. The number of ether oxygens (including phenoxy) is 1. The minimum absolute atomic E-state index is 0.0228. The Balaban J connectivity index is 1.79. The van der Waals surface area contributed by atoms with Crippen LogP contribution in [0.1, 0.15) is 66.7 Å². The van der Waals surface area contributed by atoms with Gasteiger partial charge in [-0.2, -0.15) is 0 Å². The van der Waals surface area contributed by atoms with Crippen molar-refractivity contribution < 1.29 is 23.9 Å². The van der Waals surface area contributed by atoms with E-state index in [0.29, 0.717) is 6.61 Å². The minimum atomic E-state index is -1.32. The summed E-state index contributed by atoms with van der Waals surface area (Å²) in [6.07, 6.45) is 1.13. The van der Waals surface area contributed by atoms with Gasteiger partial charge in [0.2, 0.25) is 0 Å². The van der Waals surface area contributed by atoms with Crippen LogP contribution in [0.25, 0.3) is 0 Å². The summed E-state index contributed by atoms with van der Waals surface area (Å²) in [5.74, 6) is 0.183. The van der Waals surface area contributed by atoms with Gasteiger partial charge in [-0.25, -0.2) is 0 Å². The molecule has 0 amide bonds. The van der Waals surface area contributed by atoms with Crippen LogP contribution in [0.3, 0.4) is 0 Å². The molecule has 2 saturated carbocycles. The molecule has 1 saturated heterocycles. The number of hydrogen-bond acceptors (Lipinski definition) is 6. The fourth-order valence-electron chi connectivity index (χ4n) is 6.04. The van der Waals surface area contributed by atoms with Gasteiger partial charge in [0.1, 0.15) is 39.7 Å². The first-order valence-corrected chi connectivity index (χ1v) is 11.9. The summed E-state index contributed by atoms with van der Waals surface area (Å²) >= 11 is 0. The van der Waals surface area contributed by atoms with E-state index in [1.54, 1.807) is 0 Å². The van der Waals surface area contributed by atoms with E-state index >= 15 is 0 Å². The van der Waals surface area contributed by atoms with Gasteiger partial charge in [-0.3, -0.25) is 19.2 Å². The van der Waals surface area contributed by atoms with E-state index in [1.165, 1.54) is 0 Å². The molecule has 0 atom stereocenters. The maximum absolute atomic E-state index is 13.6. The molecule has 0 aromatic heterocycles. The first kappa shape index (κ1) is 23.7. The number of rotatable bonds is 3. The van der Waals surface area contributed by atoms with E-state index in [-0.39, 0.29) is 68.3 Å². The highest BCUT2D eigenvalue weighted by atomic mass is 16.5. The van der Waals surface area contributed by atoms with E-state index < -0.39 is 21.7 Å². The smallest absolute Gasteiger partial charge is 0.148 e. The van der Waals surface area contributed by atoms with E-state index in [4.69, 9.17) is 4.74 Å². The monoisotopic (exact) mass is 453 g/mol. The summed E-state index contributed by atoms with van der Waals surface area (Å²) in [4.78, 5) is 56.3. The fourth-order valence-corrected chi connectivity index (χ4v) is 6.04. The zero-order valence-electron chi connectivity index (χ0n) is 20.5. The standard InChI is InChI=1S/C27H35NO5/c1-6-33-19-9-7-18(8-10-19)28-16-26(20(29)11-24(2,3)12-21(26)30)15-27(17-28)22(31)13-25(4,5)14-23(27)32/h7-10H,6,11-17H2,1-5H3. The normalized spacial score (nSPS) is 25.5. The molecule has 3 aliphatic rings. The number of nitrogens with zero attached hydrogens (tertiary/aromatic N) is 1. The lowest BCUT2D eigenvalue weighted by molar-refractivity contribution is -0.159. The Morgan fingerprint density at radius 3 is 1.48 bits per heavy atom. The zero-order valence-corrected chi connectivity index (χ0v) is 20.5. The van der Waals surface area contributed by atoms with Crippen molar-refractivity contribution in [2.75, 3.05) is 24.6 Å². The van der Waals surface area contributed by atoms with Crippen LogP contribution in [-0.4, -0.2) is 42.8 Å². The van der Waals surface area contributed by atoms with E-state index in [1.807, 2.05) is 63.8 Å². The third-order valence-corrected chi connectivity index (χ3v) is 7.73. The average molecular weight is 454 g/mol. The van der Waals surface area contributed by atoms with Gasteiger partial charge >= 0.3 is 0 Å². The van der Waals surface area contributed by atoms with Crippen LogP contribution in [0.4, 0.5) is 5.69 Å². The first-order valence-electron chi connectivity index (χ1n) is 11.9. The molecule has 178 valence electrons. The van der Waals surface area contributed by atoms with Gasteiger partial charge in [0.15, 0.2) is 0 Å². The second kappa shape index (κ2) is 7.78. The van der Waals surface area contributed by atoms with Gasteiger partial charge in [0, 0.05) is 44.5 Å². The maximum Gasteiger partial charge on any atom is 0.148 e. The molecule has 3 fully saturated rings. The van der Waals surface area contributed by atoms with Crippen molar-refractivity contribution in [1.82, 2.24) is 0 Å². The Morgan fingerprint density at radius 1 is 0.727 bits per heavy atom. The number of Topliss-reactive ketones (excluding diaryl/α,β-unsaturated/α-hetero) is 4. The van der Waals surface area contributed by atoms with Gasteiger partial charge in [0.25, 0.3) is 0 Å². The second-order valence-electron chi connectivity index (χ2n) is 11.9. The summed E-state index contributed by atoms with van der Waals surface area (Å²) in [5, 5.41) is 0. The lowest BCUT2D eigenvalue weighted by Gasteiger charge is -2.54. The van der Waals surface area contributed by atoms with Gasteiger partial charge in [0.05, 0.1) is 6.61 Å². The fraction of sp³-hybridized carbons (Fsp3) is 0.630. The largest absolute Gasteiger partial charge is 0.494 e. The molecule has 6 nitrogen and oxygen atoms in total. The quantitative estimate of drug-likeness (QED) is 0.639. The highest BCUT2D eigenvalue weighted by Gasteiger charge is 2.64. The maximum atomic E-state index is 13.6. The number of carbonyl (C=O) groups is 4. The van der Waals surface area contributed by atoms with Crippen molar-refractivity contribution in [2.24, 2.45) is 21.7 Å². The van der Waals surface area contributed by atoms with Crippen LogP contribution in [-0.2, 0) is 19.2 Å². The molecule has 4 rings (SSSR count). The van der Waals surface area contributed by atoms with Gasteiger partial charge in [-0.05, 0) is 48.4 Å². The Kier molecular flexibility index (Phi) is 5.58. The highest BCUT2D eigenvalue weighted by Crippen LogP contribution is 2.54. The van der Waals surface area contributed by atoms with E-state index in [9.17, 15) is 19.2 Å². The molecule has 1 heterocycles. The lowest BCUT2D eigenvalue weighted by Crippen LogP contribution is -2.66. The summed E-state index contributed by atoms with van der Waals surface area (Å²) in [6.45, 7) is 10.6. The molecule has 1 aromatic rings. The van der Waals surface area contributed by atoms with Crippen LogP contribution in [0.15, 0.2) is 24.3 Å². The topological polar surface area (TPSA) is 80.8 Å². The van der Waals surface area contributed by atoms with Crippen LogP contribution >= 0.6 is 0 Å². The second-order valence-corrected chi connectivity index (χ2v) is 11.9. The molecule has 6 heteroatoms. The van der Waals surface area contributed by atoms with Crippen molar-refractivity contribution in [2.45, 2.75) is 66.7 Å². The third-order valence-electron chi connectivity index (χ3n) is 7.73. The van der Waals surface area contributed by atoms with E-state index in [0.717, 1.165) is 11.4 Å². The molecular formula is C27H35NO5. The predicted octanol–water partition coefficient (Wildman–Crippen LogP) is 4.18. The number of anilines is 1. The average Bonchev–Trinajstić information content (AvgIpc) is 2.70. The lowest BCUT2D eigenvalue weighted by atomic mass is 9.51. The Morgan fingerprint density at radius 2 is 1.12 bits per heavy atom. The summed E-state index contributed by atoms with van der Waals surface area (Å²) in [7, 11) is 0. The van der Waals surface area contributed by atoms with Crippen molar-refractivity contribution in [3.63, 3.8) is 0 Å². The number of piperidine rings is 1. The Labute approximate surface area is 196 Å². The van der Waals surface area contributed by atoms with Crippen molar-refractivity contribution in [3.05, 3.63) is 24.3 Å². The predicted molar refractivity (Wildman–Crippen MR) is 125 cm³/mol. The first-order chi connectivity index (χ1) is 15.3. The number of benzene rings is 1. The van der Waals surface area contributed by atoms with Crippen molar-refractivity contribution in [1.29, 1.82) is 0 Å². The minimum Gasteiger partial charge on any atom is -0.494 e. The molecule has 0 unspecified atom stereocenters. The SMILES string of the molecule is CCOc1ccc(N2CC3(CC4(C2)C(=O)CC(C)(C)CC4=O)C(=O)CC(C)(C)CC3=O)cc1. The van der Waals surface area contributed by atoms with Crippen LogP contribution < -0.4 is 9.64 Å². The van der Waals surface area contributed by atoms with Gasteiger partial charge in [-0.15, -0.1) is 0 Å². The molecule has 0 bridgehead atoms. The summed E-state index contributed by atoms with van der Waals surface area (Å²) in [6, 6.07) is 7.43. The van der Waals surface area contributed by atoms with Crippen LogP contribution in [0.2, 0.25) is 0 Å². The third kappa shape index (κ3) is 4.02. The summed E-state index contributed by atoms with van der Waals surface area (Å²) < 4.78 is 5.55. The Hall–Kier alpha value is -2.50. The highest BCUT2D eigenvalue weighted by molar-refractivity contribution is 6.15. The molecule has 1 aromatic carbocycles. The molecular weight excluding hydrogens is 418 g/mol. The Bertz CT molecular complexity index is 908. The zero-order chi connectivity index (χ0) is 24.2. The molecule has 0 N–H and O–H groups in total. The van der Waals surface area contributed by atoms with Gasteiger partial charge in [-0.1, -0.05) is 27.7 Å². The van der Waals surface area contributed by atoms with Crippen molar-refractivity contribution >= 4 is 28.8 Å². The van der Waals surface area contributed by atoms with E-state index in [2.05, 4.69) is 0 Å². The molecule has 33 heavy (non-hydrogen) atoms. The number of ketones is 4. The number of hydrogen-bond donors (Lipinski definition) is 0. The molecule has 0 radical (unpaired) electrons. The van der Waals surface area contributed by atoms with Gasteiger partial charge < -0.3 is 9.64 Å². The molecule has 1 aliphatic heterocycles. The van der Waals surface area contributed by atoms with Crippen LogP contribution in [0.5, 0.6) is 5.75 Å². The molecule has 2 aliphatic carbocycles.